The van der Waals surface area contributed by atoms with Crippen LogP contribution in [0.2, 0.25) is 0 Å². The Labute approximate surface area is 130 Å². The molecule has 128 valence electrons. The maximum absolute atomic E-state index is 7.56. The molecule has 0 amide bonds. The number of hydrogen-bond acceptors (Lipinski definition) is 4. The Morgan fingerprint density at radius 3 is 0.850 bits per heavy atom. The molecule has 0 aromatic rings. The van der Waals surface area contributed by atoms with Crippen LogP contribution in [0.15, 0.2) is 0 Å². The predicted octanol–water partition coefficient (Wildman–Crippen LogP) is 1.42. The Morgan fingerprint density at radius 1 is 0.700 bits per heavy atom. The van der Waals surface area contributed by atoms with E-state index in [0.29, 0.717) is 0 Å². The molecule has 0 saturated carbocycles. The van der Waals surface area contributed by atoms with E-state index in [2.05, 4.69) is 32.6 Å². The third kappa shape index (κ3) is 136. The van der Waals surface area contributed by atoms with Crippen molar-refractivity contribution in [1.82, 2.24) is 0 Å². The van der Waals surface area contributed by atoms with Gasteiger partial charge in [-0.05, 0) is 50.7 Å². The van der Waals surface area contributed by atoms with Gasteiger partial charge in [-0.15, -0.1) is 0 Å². The van der Waals surface area contributed by atoms with E-state index < -0.39 is 6.72 Å². The molecule has 0 bridgehead atoms. The highest BCUT2D eigenvalue weighted by Gasteiger charge is 1.92. The lowest BCUT2D eigenvalue weighted by molar-refractivity contribution is 0.363. The van der Waals surface area contributed by atoms with Crippen LogP contribution in [0.4, 0.5) is 0 Å². The predicted molar refractivity (Wildman–Crippen MR) is 92.8 cm³/mol. The van der Waals surface area contributed by atoms with Gasteiger partial charge in [0.05, 0.1) is 0 Å². The van der Waals surface area contributed by atoms with Crippen LogP contribution < -0.4 is 17.2 Å². The van der Waals surface area contributed by atoms with Crippen LogP contribution in [-0.4, -0.2) is 34.3 Å². The van der Waals surface area contributed by atoms with Gasteiger partial charge in [0.25, 0.3) is 0 Å². The maximum Gasteiger partial charge on any atom is 0.319 e. The second kappa shape index (κ2) is 27.7. The number of hydrogen-bond donors (Lipinski definition) is 6. The zero-order valence-corrected chi connectivity index (χ0v) is 15.0. The smallest absolute Gasteiger partial charge is 0.319 e. The van der Waals surface area contributed by atoms with Crippen molar-refractivity contribution >= 4 is 18.5 Å². The summed E-state index contributed by atoms with van der Waals surface area (Å²) in [5, 5.41) is 0. The van der Waals surface area contributed by atoms with E-state index in [1.54, 1.807) is 0 Å². The van der Waals surface area contributed by atoms with E-state index >= 15 is 0 Å². The van der Waals surface area contributed by atoms with Crippen LogP contribution in [-0.2, 0) is 11.8 Å². The molecule has 0 rings (SSSR count). The molecule has 0 aromatic carbocycles. The first-order chi connectivity index (χ1) is 9.24. The molecule has 0 aliphatic carbocycles. The summed E-state index contributed by atoms with van der Waals surface area (Å²) in [6, 6.07) is 0. The highest BCUT2D eigenvalue weighted by atomic mass is 32.5. The summed E-state index contributed by atoms with van der Waals surface area (Å²) in [5.41, 5.74) is 15.4. The fourth-order valence-electron chi connectivity index (χ4n) is 0.612. The summed E-state index contributed by atoms with van der Waals surface area (Å²) in [5.74, 6) is 0. The fraction of sp³-hybridized carbons (Fsp3) is 1.00. The molecule has 0 aliphatic rings. The second-order valence-electron chi connectivity index (χ2n) is 3.94. The van der Waals surface area contributed by atoms with E-state index in [1.807, 2.05) is 0 Å². The van der Waals surface area contributed by atoms with Crippen LogP contribution in [0, 0.1) is 0 Å². The van der Waals surface area contributed by atoms with Gasteiger partial charge in [0.1, 0.15) is 0 Å². The SMILES string of the molecule is CCCCN.CCCCN.CCCCN.OP(O)(O)=S. The summed E-state index contributed by atoms with van der Waals surface area (Å²) in [7, 11) is 0. The van der Waals surface area contributed by atoms with E-state index in [4.69, 9.17) is 31.9 Å². The summed E-state index contributed by atoms with van der Waals surface area (Å²) in [4.78, 5) is 22.7. The molecule has 0 heterocycles. The van der Waals surface area contributed by atoms with Crippen molar-refractivity contribution in [3.8, 4) is 0 Å². The highest BCUT2D eigenvalue weighted by Crippen LogP contribution is 2.26. The zero-order chi connectivity index (χ0) is 16.9. The lowest BCUT2D eigenvalue weighted by Crippen LogP contribution is -1.95. The molecule has 0 aromatic heterocycles. The van der Waals surface area contributed by atoms with Gasteiger partial charge < -0.3 is 31.9 Å². The molecular weight excluding hydrogens is 297 g/mol. The van der Waals surface area contributed by atoms with Gasteiger partial charge in [0, 0.05) is 0 Å². The third-order valence-electron chi connectivity index (χ3n) is 1.67. The van der Waals surface area contributed by atoms with Gasteiger partial charge in [-0.2, -0.15) is 0 Å². The monoisotopic (exact) mass is 333 g/mol. The van der Waals surface area contributed by atoms with E-state index in [0.717, 1.165) is 19.6 Å². The summed E-state index contributed by atoms with van der Waals surface area (Å²) >= 11 is 3.60. The molecule has 0 spiro atoms. The second-order valence-corrected chi connectivity index (χ2v) is 6.44. The highest BCUT2D eigenvalue weighted by molar-refractivity contribution is 8.06. The average molecular weight is 333 g/mol. The van der Waals surface area contributed by atoms with Gasteiger partial charge in [-0.1, -0.05) is 40.0 Å². The Bertz CT molecular complexity index is 155. The minimum absolute atomic E-state index is 0.844. The third-order valence-corrected chi connectivity index (χ3v) is 1.67. The molecule has 0 atom stereocenters. The van der Waals surface area contributed by atoms with Crippen molar-refractivity contribution in [2.75, 3.05) is 19.6 Å². The molecule has 0 saturated heterocycles. The standard InChI is InChI=1S/3C4H11N.H3O3PS/c3*1-2-3-4-5;1-4(2,3)5/h3*2-5H2,1H3;(H3,1,2,3,5). The fourth-order valence-corrected chi connectivity index (χ4v) is 0.612. The van der Waals surface area contributed by atoms with Crippen molar-refractivity contribution in [3.63, 3.8) is 0 Å². The van der Waals surface area contributed by atoms with Crippen LogP contribution in [0.3, 0.4) is 0 Å². The Morgan fingerprint density at radius 2 is 0.850 bits per heavy atom. The molecule has 0 radical (unpaired) electrons. The van der Waals surface area contributed by atoms with Crippen LogP contribution in [0.25, 0.3) is 0 Å². The molecule has 0 fully saturated rings. The van der Waals surface area contributed by atoms with E-state index in [1.165, 1.54) is 38.5 Å². The molecular formula is C12H36N3O3PS. The molecule has 9 N–H and O–H groups in total. The first kappa shape index (κ1) is 28.6. The average Bonchev–Trinajstić information content (AvgIpc) is 2.31. The minimum Gasteiger partial charge on any atom is -0.330 e. The van der Waals surface area contributed by atoms with E-state index in [9.17, 15) is 0 Å². The van der Waals surface area contributed by atoms with Gasteiger partial charge in [0.15, 0.2) is 0 Å². The van der Waals surface area contributed by atoms with Crippen molar-refractivity contribution in [1.29, 1.82) is 0 Å². The summed E-state index contributed by atoms with van der Waals surface area (Å²) in [6.45, 7) is 5.12. The molecule has 20 heavy (non-hydrogen) atoms. The Kier molecular flexibility index (Phi) is 39.6. The minimum atomic E-state index is -3.81. The normalized spacial score (nSPS) is 9.25. The van der Waals surface area contributed by atoms with Gasteiger partial charge in [-0.25, -0.2) is 0 Å². The Balaban J connectivity index is -0.0000000853. The zero-order valence-electron chi connectivity index (χ0n) is 13.3. The quantitative estimate of drug-likeness (QED) is 0.404. The molecule has 8 heteroatoms. The molecule has 6 nitrogen and oxygen atoms in total. The van der Waals surface area contributed by atoms with Crippen molar-refractivity contribution in [3.05, 3.63) is 0 Å². The first-order valence-electron chi connectivity index (χ1n) is 7.13. The van der Waals surface area contributed by atoms with Crippen LogP contribution in [0.5, 0.6) is 0 Å². The van der Waals surface area contributed by atoms with Gasteiger partial charge in [-0.3, -0.25) is 0 Å². The number of rotatable bonds is 6. The van der Waals surface area contributed by atoms with Crippen LogP contribution >= 0.6 is 6.72 Å². The lowest BCUT2D eigenvalue weighted by Gasteiger charge is -1.88. The van der Waals surface area contributed by atoms with Crippen LogP contribution in [0.1, 0.15) is 59.3 Å². The first-order valence-corrected chi connectivity index (χ1v) is 9.79. The van der Waals surface area contributed by atoms with Gasteiger partial charge in [0.2, 0.25) is 0 Å². The summed E-state index contributed by atoms with van der Waals surface area (Å²) in [6.07, 6.45) is 7.16. The molecule has 0 unspecified atom stereocenters. The van der Waals surface area contributed by atoms with Crippen molar-refractivity contribution in [2.45, 2.75) is 59.3 Å². The lowest BCUT2D eigenvalue weighted by atomic mass is 10.3. The van der Waals surface area contributed by atoms with Crippen molar-refractivity contribution < 1.29 is 14.7 Å². The number of unbranched alkanes of at least 4 members (excludes halogenated alkanes) is 3. The summed E-state index contributed by atoms with van der Waals surface area (Å²) < 4.78 is 0. The van der Waals surface area contributed by atoms with Crippen molar-refractivity contribution in [2.24, 2.45) is 17.2 Å². The van der Waals surface area contributed by atoms with Gasteiger partial charge >= 0.3 is 6.72 Å². The topological polar surface area (TPSA) is 139 Å². The Hall–Kier alpha value is 0.410. The number of nitrogens with two attached hydrogens (primary N) is 3. The molecule has 0 aliphatic heterocycles. The largest absolute Gasteiger partial charge is 0.330 e. The maximum atomic E-state index is 7.56. The van der Waals surface area contributed by atoms with E-state index in [-0.39, 0.29) is 0 Å².